The lowest BCUT2D eigenvalue weighted by atomic mass is 9.82. The summed E-state index contributed by atoms with van der Waals surface area (Å²) in [5.74, 6) is 1.58. The third-order valence-corrected chi connectivity index (χ3v) is 7.84. The quantitative estimate of drug-likeness (QED) is 0.308. The molecule has 0 radical (unpaired) electrons. The second kappa shape index (κ2) is 12.4. The van der Waals surface area contributed by atoms with E-state index in [1.807, 2.05) is 48.5 Å². The molecule has 1 aromatic heterocycles. The molecular formula is C31H38N4O5. The van der Waals surface area contributed by atoms with Gasteiger partial charge in [0.2, 0.25) is 12.7 Å². The Hall–Kier alpha value is -4.01. The van der Waals surface area contributed by atoms with Crippen LogP contribution in [0.5, 0.6) is 17.2 Å². The standard InChI is InChI=1S/C31H38N4O5/c1-4-6-16-34(17-7-5-2)31-32-15-14-27(33-31)35-19-24(22-10-13-25-26(18-22)40-20-39-25)28(30(36)37)29(35)21-8-11-23(38-3)12-9-21/h8-15,18,24,28-29H,4-7,16-17,19-20H2,1-3H3,(H,36,37). The van der Waals surface area contributed by atoms with Gasteiger partial charge in [0.15, 0.2) is 11.5 Å². The lowest BCUT2D eigenvalue weighted by molar-refractivity contribution is -0.142. The average Bonchev–Trinajstić information content (AvgIpc) is 3.62. The van der Waals surface area contributed by atoms with Gasteiger partial charge in [0.05, 0.1) is 19.1 Å². The molecule has 9 heteroatoms. The number of ether oxygens (including phenoxy) is 3. The molecule has 0 bridgehead atoms. The number of carboxylic acids is 1. The zero-order valence-electron chi connectivity index (χ0n) is 23.5. The zero-order chi connectivity index (χ0) is 28.1. The molecular weight excluding hydrogens is 508 g/mol. The van der Waals surface area contributed by atoms with Gasteiger partial charge in [-0.1, -0.05) is 44.9 Å². The lowest BCUT2D eigenvalue weighted by Gasteiger charge is -2.29. The predicted molar refractivity (Wildman–Crippen MR) is 154 cm³/mol. The number of nitrogens with zero attached hydrogens (tertiary/aromatic N) is 4. The number of anilines is 2. The van der Waals surface area contributed by atoms with Crippen molar-refractivity contribution < 1.29 is 24.1 Å². The van der Waals surface area contributed by atoms with Gasteiger partial charge in [0.1, 0.15) is 11.6 Å². The van der Waals surface area contributed by atoms with Gasteiger partial charge >= 0.3 is 5.97 Å². The van der Waals surface area contributed by atoms with Crippen molar-refractivity contribution in [3.8, 4) is 17.2 Å². The van der Waals surface area contributed by atoms with Crippen LogP contribution in [0.15, 0.2) is 54.7 Å². The lowest BCUT2D eigenvalue weighted by Crippen LogP contribution is -2.31. The molecule has 3 atom stereocenters. The smallest absolute Gasteiger partial charge is 0.309 e. The Morgan fingerprint density at radius 1 is 1.02 bits per heavy atom. The second-order valence-electron chi connectivity index (χ2n) is 10.4. The topological polar surface area (TPSA) is 97.3 Å². The number of unbranched alkanes of at least 4 members (excludes halogenated alkanes) is 2. The molecule has 1 N–H and O–H groups in total. The minimum atomic E-state index is -0.854. The van der Waals surface area contributed by atoms with E-state index in [4.69, 9.17) is 19.2 Å². The highest BCUT2D eigenvalue weighted by Gasteiger charge is 2.48. The summed E-state index contributed by atoms with van der Waals surface area (Å²) in [6, 6.07) is 14.8. The number of aliphatic carboxylic acids is 1. The molecule has 0 saturated carbocycles. The van der Waals surface area contributed by atoms with Gasteiger partial charge in [0.25, 0.3) is 0 Å². The van der Waals surface area contributed by atoms with Crippen molar-refractivity contribution in [2.75, 3.05) is 43.3 Å². The SMILES string of the molecule is CCCCN(CCCC)c1nccc(N2CC(c3ccc4c(c3)OCO4)C(C(=O)O)C2c2ccc(OC)cc2)n1. The van der Waals surface area contributed by atoms with Crippen LogP contribution in [0.4, 0.5) is 11.8 Å². The van der Waals surface area contributed by atoms with Crippen LogP contribution in [0.1, 0.15) is 62.6 Å². The van der Waals surface area contributed by atoms with Crippen LogP contribution < -0.4 is 24.0 Å². The third-order valence-electron chi connectivity index (χ3n) is 7.84. The molecule has 9 nitrogen and oxygen atoms in total. The Morgan fingerprint density at radius 2 is 1.73 bits per heavy atom. The first kappa shape index (κ1) is 27.6. The monoisotopic (exact) mass is 546 g/mol. The Kier molecular flexibility index (Phi) is 8.57. The molecule has 1 saturated heterocycles. The van der Waals surface area contributed by atoms with Crippen molar-refractivity contribution >= 4 is 17.7 Å². The Balaban J connectivity index is 1.56. The predicted octanol–water partition coefficient (Wildman–Crippen LogP) is 5.67. The summed E-state index contributed by atoms with van der Waals surface area (Å²) < 4.78 is 16.5. The number of benzene rings is 2. The van der Waals surface area contributed by atoms with Gasteiger partial charge in [-0.3, -0.25) is 4.79 Å². The van der Waals surface area contributed by atoms with Crippen molar-refractivity contribution in [2.45, 2.75) is 51.5 Å². The van der Waals surface area contributed by atoms with Crippen molar-refractivity contribution in [3.05, 3.63) is 65.9 Å². The summed E-state index contributed by atoms with van der Waals surface area (Å²) >= 11 is 0. The van der Waals surface area contributed by atoms with Gasteiger partial charge in [-0.25, -0.2) is 4.98 Å². The van der Waals surface area contributed by atoms with Crippen LogP contribution in [-0.2, 0) is 4.79 Å². The van der Waals surface area contributed by atoms with Crippen molar-refractivity contribution in [2.24, 2.45) is 5.92 Å². The van der Waals surface area contributed by atoms with E-state index >= 15 is 0 Å². The highest BCUT2D eigenvalue weighted by Crippen LogP contribution is 2.49. The van der Waals surface area contributed by atoms with Gasteiger partial charge in [-0.15, -0.1) is 0 Å². The van der Waals surface area contributed by atoms with E-state index in [-0.39, 0.29) is 12.7 Å². The van der Waals surface area contributed by atoms with E-state index in [9.17, 15) is 9.90 Å². The first-order chi connectivity index (χ1) is 19.5. The van der Waals surface area contributed by atoms with Crippen LogP contribution >= 0.6 is 0 Å². The fraction of sp³-hybridized carbons (Fsp3) is 0.452. The minimum absolute atomic E-state index is 0.169. The van der Waals surface area contributed by atoms with Crippen LogP contribution in [0.25, 0.3) is 0 Å². The molecule has 3 aromatic rings. The first-order valence-electron chi connectivity index (χ1n) is 14.1. The molecule has 3 heterocycles. The van der Waals surface area contributed by atoms with Gasteiger partial charge in [-0.2, -0.15) is 4.98 Å². The highest BCUT2D eigenvalue weighted by atomic mass is 16.7. The van der Waals surface area contributed by atoms with E-state index in [0.717, 1.165) is 61.5 Å². The van der Waals surface area contributed by atoms with E-state index < -0.39 is 17.9 Å². The summed E-state index contributed by atoms with van der Waals surface area (Å²) in [5.41, 5.74) is 1.80. The van der Waals surface area contributed by atoms with Crippen molar-refractivity contribution in [3.63, 3.8) is 0 Å². The molecule has 0 spiro atoms. The molecule has 2 aliphatic heterocycles. The molecule has 2 aromatic carbocycles. The maximum Gasteiger partial charge on any atom is 0.309 e. The molecule has 2 aliphatic rings. The fourth-order valence-corrected chi connectivity index (χ4v) is 5.70. The maximum absolute atomic E-state index is 13.0. The van der Waals surface area contributed by atoms with Crippen molar-refractivity contribution in [1.82, 2.24) is 9.97 Å². The number of aromatic nitrogens is 2. The van der Waals surface area contributed by atoms with Crippen LogP contribution in [-0.4, -0.2) is 54.6 Å². The van der Waals surface area contributed by atoms with Gasteiger partial charge in [0, 0.05) is 31.7 Å². The summed E-state index contributed by atoms with van der Waals surface area (Å²) in [7, 11) is 1.62. The fourth-order valence-electron chi connectivity index (χ4n) is 5.70. The van der Waals surface area contributed by atoms with Crippen LogP contribution in [0.3, 0.4) is 0 Å². The van der Waals surface area contributed by atoms with Gasteiger partial charge in [-0.05, 0) is 54.3 Å². The molecule has 3 unspecified atom stereocenters. The maximum atomic E-state index is 13.0. The van der Waals surface area contributed by atoms with E-state index in [2.05, 4.69) is 28.6 Å². The Bertz CT molecular complexity index is 1290. The van der Waals surface area contributed by atoms with Crippen molar-refractivity contribution in [1.29, 1.82) is 0 Å². The number of hydrogen-bond donors (Lipinski definition) is 1. The number of rotatable bonds is 12. The molecule has 40 heavy (non-hydrogen) atoms. The zero-order valence-corrected chi connectivity index (χ0v) is 23.5. The number of hydrogen-bond acceptors (Lipinski definition) is 8. The van der Waals surface area contributed by atoms with Gasteiger partial charge < -0.3 is 29.1 Å². The summed E-state index contributed by atoms with van der Waals surface area (Å²) in [5, 5.41) is 10.6. The van der Waals surface area contributed by atoms with Crippen LogP contribution in [0.2, 0.25) is 0 Å². The van der Waals surface area contributed by atoms with Crippen LogP contribution in [0, 0.1) is 5.92 Å². The first-order valence-corrected chi connectivity index (χ1v) is 14.1. The third kappa shape index (κ3) is 5.64. The number of methoxy groups -OCH3 is 1. The minimum Gasteiger partial charge on any atom is -0.497 e. The number of carbonyl (C=O) groups is 1. The Morgan fingerprint density at radius 3 is 2.40 bits per heavy atom. The Labute approximate surface area is 235 Å². The van der Waals surface area contributed by atoms with E-state index in [1.165, 1.54) is 0 Å². The molecule has 0 aliphatic carbocycles. The summed E-state index contributed by atoms with van der Waals surface area (Å²) in [6.07, 6.45) is 6.08. The normalized spacial score (nSPS) is 19.6. The molecule has 1 fully saturated rings. The number of fused-ring (bicyclic) bond motifs is 1. The molecule has 5 rings (SSSR count). The largest absolute Gasteiger partial charge is 0.497 e. The second-order valence-corrected chi connectivity index (χ2v) is 10.4. The molecule has 0 amide bonds. The summed E-state index contributed by atoms with van der Waals surface area (Å²) in [4.78, 5) is 27.0. The molecule has 212 valence electrons. The highest BCUT2D eigenvalue weighted by molar-refractivity contribution is 5.76. The number of carboxylic acid groups (broad SMARTS) is 1. The van der Waals surface area contributed by atoms with E-state index in [0.29, 0.717) is 24.0 Å². The summed E-state index contributed by atoms with van der Waals surface area (Å²) in [6.45, 7) is 6.79. The average molecular weight is 547 g/mol. The van der Waals surface area contributed by atoms with E-state index in [1.54, 1.807) is 13.3 Å².